The zero-order valence-electron chi connectivity index (χ0n) is 20.7. The lowest BCUT2D eigenvalue weighted by Gasteiger charge is -2.33. The number of alkyl halides is 2. The van der Waals surface area contributed by atoms with Crippen LogP contribution < -0.4 is 10.5 Å². The maximum Gasteiger partial charge on any atom is 0.257 e. The van der Waals surface area contributed by atoms with Crippen LogP contribution in [-0.2, 0) is 4.79 Å². The number of hydrogen-bond donors (Lipinski definition) is 2. The number of ether oxygens (including phenoxy) is 1. The highest BCUT2D eigenvalue weighted by molar-refractivity contribution is 5.98. The van der Waals surface area contributed by atoms with Gasteiger partial charge in [-0.25, -0.2) is 13.2 Å². The number of nitrogens with two attached hydrogens (primary N) is 1. The van der Waals surface area contributed by atoms with Crippen molar-refractivity contribution in [1.82, 2.24) is 9.80 Å². The van der Waals surface area contributed by atoms with E-state index >= 15 is 0 Å². The first-order valence-electron chi connectivity index (χ1n) is 12.4. The number of aliphatic hydroxyl groups is 1. The molecule has 2 fully saturated rings. The smallest absolute Gasteiger partial charge is 0.257 e. The molecule has 2 aliphatic rings. The largest absolute Gasteiger partial charge is 0.493 e. The molecule has 2 heterocycles. The molecule has 2 aromatic rings. The van der Waals surface area contributed by atoms with Crippen molar-refractivity contribution in [2.75, 3.05) is 32.8 Å². The van der Waals surface area contributed by atoms with Gasteiger partial charge in [0.1, 0.15) is 17.6 Å². The summed E-state index contributed by atoms with van der Waals surface area (Å²) in [6.45, 7) is 2.40. The fourth-order valence-electron chi connectivity index (χ4n) is 4.99. The average Bonchev–Trinajstić information content (AvgIpc) is 3.24. The summed E-state index contributed by atoms with van der Waals surface area (Å²) in [6, 6.07) is 10.4. The number of aliphatic hydroxyl groups excluding tert-OH is 1. The molecule has 2 aromatic carbocycles. The molecule has 2 amide bonds. The number of benzene rings is 2. The third-order valence-electron chi connectivity index (χ3n) is 6.95. The average molecular weight is 520 g/mol. The van der Waals surface area contributed by atoms with Crippen LogP contribution in [-0.4, -0.2) is 77.6 Å². The summed E-state index contributed by atoms with van der Waals surface area (Å²) in [7, 11) is 0. The van der Waals surface area contributed by atoms with Crippen molar-refractivity contribution in [3.8, 4) is 16.9 Å². The Balaban J connectivity index is 1.33. The molecule has 0 unspecified atom stereocenters. The van der Waals surface area contributed by atoms with Gasteiger partial charge in [0.2, 0.25) is 5.91 Å². The van der Waals surface area contributed by atoms with Crippen molar-refractivity contribution in [2.24, 2.45) is 11.7 Å². The number of amides is 2. The molecular formula is C27H32F3N3O4. The van der Waals surface area contributed by atoms with Gasteiger partial charge >= 0.3 is 0 Å². The lowest BCUT2D eigenvalue weighted by atomic mass is 9.97. The van der Waals surface area contributed by atoms with Gasteiger partial charge in [-0.1, -0.05) is 18.2 Å². The fraction of sp³-hybridized carbons (Fsp3) is 0.481. The van der Waals surface area contributed by atoms with Gasteiger partial charge in [0.25, 0.3) is 11.8 Å². The summed E-state index contributed by atoms with van der Waals surface area (Å²) < 4.78 is 47.2. The molecule has 0 bridgehead atoms. The molecule has 4 rings (SSSR count). The van der Waals surface area contributed by atoms with E-state index in [0.29, 0.717) is 36.9 Å². The molecule has 2 aliphatic heterocycles. The molecule has 0 aliphatic carbocycles. The molecule has 200 valence electrons. The predicted molar refractivity (Wildman–Crippen MR) is 132 cm³/mol. The van der Waals surface area contributed by atoms with Crippen LogP contribution in [0.25, 0.3) is 11.1 Å². The molecule has 3 N–H and O–H groups in total. The first-order chi connectivity index (χ1) is 17.5. The molecule has 2 saturated heterocycles. The van der Waals surface area contributed by atoms with Crippen molar-refractivity contribution in [1.29, 1.82) is 0 Å². The van der Waals surface area contributed by atoms with Crippen molar-refractivity contribution < 1.29 is 32.6 Å². The van der Waals surface area contributed by atoms with E-state index in [1.165, 1.54) is 12.1 Å². The zero-order chi connectivity index (χ0) is 26.7. The molecule has 10 heteroatoms. The minimum atomic E-state index is -2.69. The van der Waals surface area contributed by atoms with Gasteiger partial charge in [0.05, 0.1) is 24.8 Å². The molecule has 37 heavy (non-hydrogen) atoms. The summed E-state index contributed by atoms with van der Waals surface area (Å²) in [4.78, 5) is 27.3. The highest BCUT2D eigenvalue weighted by atomic mass is 19.3. The van der Waals surface area contributed by atoms with Crippen LogP contribution in [0.5, 0.6) is 5.75 Å². The monoisotopic (exact) mass is 519 g/mol. The Labute approximate surface area is 214 Å². The van der Waals surface area contributed by atoms with Gasteiger partial charge in [-0.15, -0.1) is 0 Å². The lowest BCUT2D eigenvalue weighted by molar-refractivity contribution is -0.121. The Morgan fingerprint density at radius 3 is 2.35 bits per heavy atom. The van der Waals surface area contributed by atoms with Crippen molar-refractivity contribution in [3.05, 3.63) is 53.8 Å². The predicted octanol–water partition coefficient (Wildman–Crippen LogP) is 3.30. The number of primary amides is 1. The number of hydrogen-bond acceptors (Lipinski definition) is 5. The summed E-state index contributed by atoms with van der Waals surface area (Å²) in [5.74, 6) is -3.90. The normalized spacial score (nSPS) is 21.3. The topological polar surface area (TPSA) is 96.1 Å². The van der Waals surface area contributed by atoms with Crippen molar-refractivity contribution in [3.63, 3.8) is 0 Å². The van der Waals surface area contributed by atoms with E-state index in [1.54, 1.807) is 35.2 Å². The SMILES string of the molecule is CC(F)(F)CN1CCC(COc2ccc(-c3ccc(C(=O)N4C[C@H](O)C[C@H]4C(N)=O)c(F)c3)cc2)CC1. The van der Waals surface area contributed by atoms with E-state index in [-0.39, 0.29) is 25.1 Å². The van der Waals surface area contributed by atoms with E-state index in [1.807, 2.05) is 0 Å². The zero-order valence-corrected chi connectivity index (χ0v) is 20.7. The summed E-state index contributed by atoms with van der Waals surface area (Å²) in [6.07, 6.45) is 0.752. The highest BCUT2D eigenvalue weighted by Gasteiger charge is 2.38. The standard InChI is InChI=1S/C27H32F3N3O4/c1-27(29,30)16-32-10-8-17(9-11-32)15-37-21-5-2-18(3-6-21)19-4-7-22(23(28)12-19)26(36)33-14-20(34)13-24(33)25(31)35/h2-7,12,17,20,24,34H,8-11,13-16H2,1H3,(H2,31,35)/t20-,24+/m1/s1. The maximum absolute atomic E-state index is 14.9. The number of nitrogens with zero attached hydrogens (tertiary/aromatic N) is 2. The van der Waals surface area contributed by atoms with E-state index in [9.17, 15) is 27.9 Å². The lowest BCUT2D eigenvalue weighted by Crippen LogP contribution is -2.44. The Morgan fingerprint density at radius 1 is 1.11 bits per heavy atom. The van der Waals surface area contributed by atoms with Crippen LogP contribution in [0, 0.1) is 11.7 Å². The van der Waals surface area contributed by atoms with Crippen LogP contribution >= 0.6 is 0 Å². The number of carbonyl (C=O) groups excluding carboxylic acids is 2. The van der Waals surface area contributed by atoms with Gasteiger partial charge in [-0.05, 0) is 67.2 Å². The number of likely N-dealkylation sites (tertiary alicyclic amines) is 2. The molecular weight excluding hydrogens is 487 g/mol. The van der Waals surface area contributed by atoms with Crippen LogP contribution in [0.2, 0.25) is 0 Å². The molecule has 0 saturated carbocycles. The Hall–Kier alpha value is -3.11. The first-order valence-corrected chi connectivity index (χ1v) is 12.4. The molecule has 2 atom stereocenters. The van der Waals surface area contributed by atoms with Crippen LogP contribution in [0.15, 0.2) is 42.5 Å². The van der Waals surface area contributed by atoms with Gasteiger partial charge < -0.3 is 20.5 Å². The van der Waals surface area contributed by atoms with E-state index in [2.05, 4.69) is 0 Å². The minimum absolute atomic E-state index is 0.0339. The summed E-state index contributed by atoms with van der Waals surface area (Å²) >= 11 is 0. The van der Waals surface area contributed by atoms with E-state index in [0.717, 1.165) is 30.2 Å². The number of halogens is 3. The maximum atomic E-state index is 14.9. The van der Waals surface area contributed by atoms with Gasteiger partial charge in [-0.2, -0.15) is 0 Å². The minimum Gasteiger partial charge on any atom is -0.493 e. The van der Waals surface area contributed by atoms with E-state index in [4.69, 9.17) is 10.5 Å². The second-order valence-corrected chi connectivity index (χ2v) is 10.1. The molecule has 7 nitrogen and oxygen atoms in total. The molecule has 0 spiro atoms. The fourth-order valence-corrected chi connectivity index (χ4v) is 4.99. The summed E-state index contributed by atoms with van der Waals surface area (Å²) in [5.41, 5.74) is 6.43. The first kappa shape index (κ1) is 26.9. The highest BCUT2D eigenvalue weighted by Crippen LogP contribution is 2.28. The quantitative estimate of drug-likeness (QED) is 0.558. The van der Waals surface area contributed by atoms with Crippen molar-refractivity contribution >= 4 is 11.8 Å². The van der Waals surface area contributed by atoms with Gasteiger partial charge in [0, 0.05) is 19.9 Å². The Bertz CT molecular complexity index is 1110. The third kappa shape index (κ3) is 6.81. The Kier molecular flexibility index (Phi) is 8.08. The number of β-amino-alcohol motifs (C(OH)–C–C–N with tert-alkyl or cyclic N) is 1. The van der Waals surface area contributed by atoms with Gasteiger partial charge in [0.15, 0.2) is 0 Å². The number of carbonyl (C=O) groups is 2. The Morgan fingerprint density at radius 2 is 1.76 bits per heavy atom. The number of rotatable bonds is 8. The third-order valence-corrected chi connectivity index (χ3v) is 6.95. The van der Waals surface area contributed by atoms with Crippen LogP contribution in [0.4, 0.5) is 13.2 Å². The van der Waals surface area contributed by atoms with Crippen LogP contribution in [0.1, 0.15) is 36.5 Å². The second-order valence-electron chi connectivity index (χ2n) is 10.1. The molecule has 0 aromatic heterocycles. The summed E-state index contributed by atoms with van der Waals surface area (Å²) in [5, 5.41) is 9.83. The second kappa shape index (κ2) is 11.1. The van der Waals surface area contributed by atoms with E-state index < -0.39 is 35.7 Å². The van der Waals surface area contributed by atoms with Gasteiger partial charge in [-0.3, -0.25) is 14.5 Å². The molecule has 0 radical (unpaired) electrons. The number of piperidine rings is 1. The van der Waals surface area contributed by atoms with Crippen molar-refractivity contribution in [2.45, 2.75) is 44.3 Å². The van der Waals surface area contributed by atoms with Crippen LogP contribution in [0.3, 0.4) is 0 Å².